The van der Waals surface area contributed by atoms with Gasteiger partial charge in [-0.2, -0.15) is 0 Å². The molecule has 0 radical (unpaired) electrons. The molecule has 5 nitrogen and oxygen atoms in total. The molecule has 2 atom stereocenters. The van der Waals surface area contributed by atoms with E-state index in [4.69, 9.17) is 23.7 Å². The lowest BCUT2D eigenvalue weighted by Gasteiger charge is -2.18. The molecule has 1 aliphatic heterocycles. The highest BCUT2D eigenvalue weighted by Gasteiger charge is 2.28. The van der Waals surface area contributed by atoms with Crippen molar-refractivity contribution < 1.29 is 23.7 Å². The van der Waals surface area contributed by atoms with E-state index in [1.54, 1.807) is 21.3 Å². The zero-order chi connectivity index (χ0) is 15.2. The zero-order valence-electron chi connectivity index (χ0n) is 12.6. The molecule has 21 heavy (non-hydrogen) atoms. The number of alkyl halides is 1. The van der Waals surface area contributed by atoms with Gasteiger partial charge in [-0.25, -0.2) is 0 Å². The second-order valence-corrected chi connectivity index (χ2v) is 5.73. The number of hydrogen-bond donors (Lipinski definition) is 0. The first-order chi connectivity index (χ1) is 10.2. The van der Waals surface area contributed by atoms with Gasteiger partial charge in [0.15, 0.2) is 17.8 Å². The fourth-order valence-corrected chi connectivity index (χ4v) is 2.69. The average Bonchev–Trinajstić information content (AvgIpc) is 3.00. The minimum Gasteiger partial charge on any atom is -0.493 e. The number of benzene rings is 1. The highest BCUT2D eigenvalue weighted by atomic mass is 127. The standard InChI is InChI=1S/C15H21IO5/c1-17-12-8-10(9-13(18-2)15(12)19-3)11-4-5-14(21-11)20-7-6-16/h8-9,11,14H,4-7H2,1-3H3. The Morgan fingerprint density at radius 3 is 2.29 bits per heavy atom. The van der Waals surface area contributed by atoms with E-state index >= 15 is 0 Å². The minimum absolute atomic E-state index is 0.00193. The maximum absolute atomic E-state index is 5.94. The number of hydrogen-bond acceptors (Lipinski definition) is 5. The Morgan fingerprint density at radius 2 is 1.76 bits per heavy atom. The van der Waals surface area contributed by atoms with E-state index in [1.807, 2.05) is 12.1 Å². The van der Waals surface area contributed by atoms with Gasteiger partial charge in [0.1, 0.15) is 0 Å². The van der Waals surface area contributed by atoms with Crippen molar-refractivity contribution in [3.63, 3.8) is 0 Å². The van der Waals surface area contributed by atoms with Gasteiger partial charge in [0.2, 0.25) is 5.75 Å². The minimum atomic E-state index is -0.121. The van der Waals surface area contributed by atoms with Gasteiger partial charge < -0.3 is 23.7 Å². The van der Waals surface area contributed by atoms with E-state index < -0.39 is 0 Å². The third kappa shape index (κ3) is 3.92. The van der Waals surface area contributed by atoms with Gasteiger partial charge in [0.05, 0.1) is 34.0 Å². The van der Waals surface area contributed by atoms with E-state index in [0.29, 0.717) is 23.9 Å². The highest BCUT2D eigenvalue weighted by Crippen LogP contribution is 2.43. The van der Waals surface area contributed by atoms with Crippen LogP contribution in [-0.2, 0) is 9.47 Å². The van der Waals surface area contributed by atoms with Gasteiger partial charge in [0, 0.05) is 10.8 Å². The van der Waals surface area contributed by atoms with Crippen LogP contribution in [0.4, 0.5) is 0 Å². The summed E-state index contributed by atoms with van der Waals surface area (Å²) >= 11 is 2.29. The van der Waals surface area contributed by atoms with Crippen molar-refractivity contribution in [3.05, 3.63) is 17.7 Å². The first-order valence-corrected chi connectivity index (χ1v) is 8.39. The van der Waals surface area contributed by atoms with Crippen molar-refractivity contribution in [2.24, 2.45) is 0 Å². The highest BCUT2D eigenvalue weighted by molar-refractivity contribution is 14.1. The summed E-state index contributed by atoms with van der Waals surface area (Å²) in [5.74, 6) is 1.89. The lowest BCUT2D eigenvalue weighted by atomic mass is 10.1. The van der Waals surface area contributed by atoms with E-state index in [1.165, 1.54) is 0 Å². The van der Waals surface area contributed by atoms with Crippen LogP contribution in [0.1, 0.15) is 24.5 Å². The van der Waals surface area contributed by atoms with Crippen LogP contribution in [0.5, 0.6) is 17.2 Å². The van der Waals surface area contributed by atoms with Crippen LogP contribution in [-0.4, -0.2) is 38.7 Å². The molecule has 1 heterocycles. The molecule has 0 aliphatic carbocycles. The maximum Gasteiger partial charge on any atom is 0.203 e. The quantitative estimate of drug-likeness (QED) is 0.512. The van der Waals surface area contributed by atoms with Crippen LogP contribution in [0.3, 0.4) is 0 Å². The maximum atomic E-state index is 5.94. The van der Waals surface area contributed by atoms with Crippen LogP contribution in [0.15, 0.2) is 12.1 Å². The molecule has 2 unspecified atom stereocenters. The zero-order valence-corrected chi connectivity index (χ0v) is 14.7. The van der Waals surface area contributed by atoms with Gasteiger partial charge in [-0.05, 0) is 24.1 Å². The summed E-state index contributed by atoms with van der Waals surface area (Å²) in [7, 11) is 4.83. The third-order valence-corrected chi connectivity index (χ3v) is 3.86. The molecule has 0 N–H and O–H groups in total. The van der Waals surface area contributed by atoms with Crippen molar-refractivity contribution in [2.45, 2.75) is 25.2 Å². The molecule has 6 heteroatoms. The summed E-state index contributed by atoms with van der Waals surface area (Å²) in [4.78, 5) is 0. The fraction of sp³-hybridized carbons (Fsp3) is 0.600. The smallest absolute Gasteiger partial charge is 0.203 e. The number of rotatable bonds is 7. The normalized spacial score (nSPS) is 21.3. The Morgan fingerprint density at radius 1 is 1.10 bits per heavy atom. The molecule has 0 spiro atoms. The predicted molar refractivity (Wildman–Crippen MR) is 87.8 cm³/mol. The van der Waals surface area contributed by atoms with Gasteiger partial charge in [0.25, 0.3) is 0 Å². The van der Waals surface area contributed by atoms with Crippen molar-refractivity contribution in [3.8, 4) is 17.2 Å². The van der Waals surface area contributed by atoms with E-state index in [2.05, 4.69) is 22.6 Å². The van der Waals surface area contributed by atoms with Crippen LogP contribution in [0.2, 0.25) is 0 Å². The predicted octanol–water partition coefficient (Wildman–Crippen LogP) is 3.34. The lowest BCUT2D eigenvalue weighted by molar-refractivity contribution is -0.130. The van der Waals surface area contributed by atoms with E-state index in [0.717, 1.165) is 22.8 Å². The number of methoxy groups -OCH3 is 3. The Hall–Kier alpha value is -0.730. The molecular weight excluding hydrogens is 387 g/mol. The third-order valence-electron chi connectivity index (χ3n) is 3.42. The molecule has 1 aromatic rings. The van der Waals surface area contributed by atoms with Crippen molar-refractivity contribution >= 4 is 22.6 Å². The summed E-state index contributed by atoms with van der Waals surface area (Å²) in [6, 6.07) is 3.87. The molecule has 1 aliphatic rings. The summed E-state index contributed by atoms with van der Waals surface area (Å²) in [5, 5.41) is 0. The Bertz CT molecular complexity index is 440. The van der Waals surface area contributed by atoms with Crippen molar-refractivity contribution in [1.82, 2.24) is 0 Å². The van der Waals surface area contributed by atoms with Gasteiger partial charge >= 0.3 is 0 Å². The first kappa shape index (κ1) is 16.6. The second-order valence-electron chi connectivity index (χ2n) is 4.65. The largest absolute Gasteiger partial charge is 0.493 e. The number of halogens is 1. The van der Waals surface area contributed by atoms with Crippen LogP contribution in [0.25, 0.3) is 0 Å². The topological polar surface area (TPSA) is 46.2 Å². The second kappa shape index (κ2) is 8.05. The Balaban J connectivity index is 2.17. The molecule has 0 saturated carbocycles. The first-order valence-electron chi connectivity index (χ1n) is 6.86. The average molecular weight is 408 g/mol. The summed E-state index contributed by atoms with van der Waals surface area (Å²) < 4.78 is 28.6. The van der Waals surface area contributed by atoms with Gasteiger partial charge in [-0.3, -0.25) is 0 Å². The summed E-state index contributed by atoms with van der Waals surface area (Å²) in [6.45, 7) is 0.715. The van der Waals surface area contributed by atoms with Crippen LogP contribution in [0, 0.1) is 0 Å². The van der Waals surface area contributed by atoms with E-state index in [9.17, 15) is 0 Å². The molecular formula is C15H21IO5. The lowest BCUT2D eigenvalue weighted by Crippen LogP contribution is -2.13. The molecule has 1 aromatic carbocycles. The van der Waals surface area contributed by atoms with Gasteiger partial charge in [-0.15, -0.1) is 0 Å². The molecule has 0 aromatic heterocycles. The molecule has 1 fully saturated rings. The van der Waals surface area contributed by atoms with Gasteiger partial charge in [-0.1, -0.05) is 22.6 Å². The van der Waals surface area contributed by atoms with Crippen molar-refractivity contribution in [1.29, 1.82) is 0 Å². The Labute approximate surface area is 139 Å². The Kier molecular flexibility index (Phi) is 6.38. The van der Waals surface area contributed by atoms with Crippen LogP contribution >= 0.6 is 22.6 Å². The van der Waals surface area contributed by atoms with Crippen LogP contribution < -0.4 is 14.2 Å². The molecule has 1 saturated heterocycles. The SMILES string of the molecule is COc1cc(C2CCC(OCCI)O2)cc(OC)c1OC. The molecule has 0 amide bonds. The monoisotopic (exact) mass is 408 g/mol. The summed E-state index contributed by atoms with van der Waals surface area (Å²) in [6.07, 6.45) is 1.70. The molecule has 118 valence electrons. The van der Waals surface area contributed by atoms with Crippen molar-refractivity contribution in [2.75, 3.05) is 32.4 Å². The molecule has 0 bridgehead atoms. The number of ether oxygens (including phenoxy) is 5. The fourth-order valence-electron chi connectivity index (χ4n) is 2.44. The van der Waals surface area contributed by atoms with E-state index in [-0.39, 0.29) is 12.4 Å². The summed E-state index contributed by atoms with van der Waals surface area (Å²) in [5.41, 5.74) is 1.02. The molecule has 2 rings (SSSR count).